The maximum atomic E-state index is 13.0. The van der Waals surface area contributed by atoms with Gasteiger partial charge in [-0.1, -0.05) is 30.3 Å². The zero-order valence-corrected chi connectivity index (χ0v) is 17.6. The van der Waals surface area contributed by atoms with E-state index < -0.39 is 34.0 Å². The van der Waals surface area contributed by atoms with Gasteiger partial charge in [0.25, 0.3) is 5.91 Å². The smallest absolute Gasteiger partial charge is 0.416 e. The highest BCUT2D eigenvalue weighted by Crippen LogP contribution is 2.38. The number of amides is 1. The lowest BCUT2D eigenvalue weighted by atomic mass is 10.1. The van der Waals surface area contributed by atoms with Crippen molar-refractivity contribution in [3.63, 3.8) is 0 Å². The summed E-state index contributed by atoms with van der Waals surface area (Å²) in [7, 11) is 0. The number of rotatable bonds is 6. The van der Waals surface area contributed by atoms with Crippen LogP contribution < -0.4 is 10.1 Å². The maximum Gasteiger partial charge on any atom is 0.416 e. The lowest BCUT2D eigenvalue weighted by Gasteiger charge is -2.12. The number of alkyl halides is 3. The van der Waals surface area contributed by atoms with Crippen LogP contribution in [-0.2, 0) is 11.0 Å². The van der Waals surface area contributed by atoms with Gasteiger partial charge in [0.15, 0.2) is 0 Å². The van der Waals surface area contributed by atoms with E-state index in [0.717, 1.165) is 11.6 Å². The van der Waals surface area contributed by atoms with Crippen molar-refractivity contribution < 1.29 is 27.6 Å². The number of hydrogen-bond acceptors (Lipinski definition) is 5. The van der Waals surface area contributed by atoms with Crippen molar-refractivity contribution in [3.05, 3.63) is 99.1 Å². The molecule has 0 atom stereocenters. The number of aryl methyl sites for hydroxylation is 1. The van der Waals surface area contributed by atoms with E-state index in [1.807, 2.05) is 13.0 Å². The summed E-state index contributed by atoms with van der Waals surface area (Å²) < 4.78 is 44.4. The molecule has 7 nitrogen and oxygen atoms in total. The van der Waals surface area contributed by atoms with Gasteiger partial charge in [0.1, 0.15) is 17.4 Å². The van der Waals surface area contributed by atoms with Gasteiger partial charge in [-0.25, -0.2) is 0 Å². The van der Waals surface area contributed by atoms with Gasteiger partial charge in [-0.2, -0.15) is 18.4 Å². The molecular formula is C24H16F3N3O4. The van der Waals surface area contributed by atoms with Gasteiger partial charge in [-0.3, -0.25) is 14.9 Å². The standard InChI is InChI=1S/C24H16F3N3O4/c1-15-5-4-7-19(11-15)29-23(31)17(14-28)12-16-6-2-3-8-21(16)34-22-10-9-18(24(25,26)27)13-20(22)30(32)33/h2-13H,1H3,(H,29,31)/b17-12+. The van der Waals surface area contributed by atoms with Crippen LogP contribution in [0, 0.1) is 28.4 Å². The Hall–Kier alpha value is -4.65. The van der Waals surface area contributed by atoms with E-state index in [1.54, 1.807) is 30.3 Å². The fourth-order valence-electron chi connectivity index (χ4n) is 2.96. The number of nitro groups is 1. The molecule has 0 radical (unpaired) electrons. The predicted molar refractivity (Wildman–Crippen MR) is 118 cm³/mol. The van der Waals surface area contributed by atoms with E-state index in [1.165, 1.54) is 24.3 Å². The minimum Gasteiger partial charge on any atom is -0.449 e. The molecule has 0 aliphatic carbocycles. The molecule has 0 aliphatic rings. The molecule has 3 rings (SSSR count). The lowest BCUT2D eigenvalue weighted by Crippen LogP contribution is -2.13. The summed E-state index contributed by atoms with van der Waals surface area (Å²) >= 11 is 0. The third-order valence-electron chi connectivity index (χ3n) is 4.56. The quantitative estimate of drug-likeness (QED) is 0.199. The number of carbonyl (C=O) groups is 1. The summed E-state index contributed by atoms with van der Waals surface area (Å²) in [6, 6.07) is 16.6. The largest absolute Gasteiger partial charge is 0.449 e. The summed E-state index contributed by atoms with van der Waals surface area (Å²) in [6.45, 7) is 1.84. The topological polar surface area (TPSA) is 105 Å². The van der Waals surface area contributed by atoms with Crippen LogP contribution in [0.25, 0.3) is 6.08 Å². The zero-order valence-electron chi connectivity index (χ0n) is 17.6. The van der Waals surface area contributed by atoms with Crippen LogP contribution in [0.15, 0.2) is 72.3 Å². The van der Waals surface area contributed by atoms with E-state index >= 15 is 0 Å². The Balaban J connectivity index is 1.94. The van der Waals surface area contributed by atoms with Gasteiger partial charge in [-0.05, 0) is 48.9 Å². The van der Waals surface area contributed by atoms with Crippen LogP contribution in [-0.4, -0.2) is 10.8 Å². The number of nitrogens with one attached hydrogen (secondary N) is 1. The first-order valence-corrected chi connectivity index (χ1v) is 9.71. The van der Waals surface area contributed by atoms with Crippen molar-refractivity contribution in [1.29, 1.82) is 5.26 Å². The van der Waals surface area contributed by atoms with Gasteiger partial charge >= 0.3 is 11.9 Å². The van der Waals surface area contributed by atoms with Gasteiger partial charge < -0.3 is 10.1 Å². The summed E-state index contributed by atoms with van der Waals surface area (Å²) in [5.74, 6) is -1.12. The molecule has 0 fully saturated rings. The van der Waals surface area contributed by atoms with E-state index in [-0.39, 0.29) is 16.9 Å². The number of ether oxygens (including phenoxy) is 1. The van der Waals surface area contributed by atoms with Crippen molar-refractivity contribution in [3.8, 4) is 17.6 Å². The number of benzene rings is 3. The molecule has 0 spiro atoms. The second-order valence-electron chi connectivity index (χ2n) is 7.07. The molecule has 34 heavy (non-hydrogen) atoms. The van der Waals surface area contributed by atoms with Gasteiger partial charge in [0.05, 0.1) is 10.5 Å². The van der Waals surface area contributed by atoms with Gasteiger partial charge in [0, 0.05) is 17.3 Å². The summed E-state index contributed by atoms with van der Waals surface area (Å²) in [6.07, 6.45) is -3.55. The number of nitriles is 1. The molecule has 1 N–H and O–H groups in total. The Kier molecular flexibility index (Phi) is 6.97. The molecule has 0 unspecified atom stereocenters. The SMILES string of the molecule is Cc1cccc(NC(=O)/C(C#N)=C/c2ccccc2Oc2ccc(C(F)(F)F)cc2[N+](=O)[O-])c1. The molecule has 3 aromatic carbocycles. The Morgan fingerprint density at radius 1 is 1.09 bits per heavy atom. The molecule has 172 valence electrons. The number of para-hydroxylation sites is 1. The second kappa shape index (κ2) is 9.87. The Morgan fingerprint density at radius 2 is 1.82 bits per heavy atom. The highest BCUT2D eigenvalue weighted by molar-refractivity contribution is 6.09. The number of anilines is 1. The Bertz CT molecular complexity index is 1330. The Morgan fingerprint density at radius 3 is 2.47 bits per heavy atom. The fourth-order valence-corrected chi connectivity index (χ4v) is 2.96. The molecule has 0 saturated heterocycles. The third kappa shape index (κ3) is 5.77. The summed E-state index contributed by atoms with van der Waals surface area (Å²) in [4.78, 5) is 22.9. The average Bonchev–Trinajstić information content (AvgIpc) is 2.77. The summed E-state index contributed by atoms with van der Waals surface area (Å²) in [5.41, 5.74) is -0.758. The van der Waals surface area contributed by atoms with E-state index in [2.05, 4.69) is 5.32 Å². The minimum atomic E-state index is -4.77. The van der Waals surface area contributed by atoms with Crippen LogP contribution in [0.5, 0.6) is 11.5 Å². The molecule has 10 heteroatoms. The van der Waals surface area contributed by atoms with Gasteiger partial charge in [-0.15, -0.1) is 0 Å². The first-order valence-electron chi connectivity index (χ1n) is 9.71. The first-order chi connectivity index (χ1) is 16.1. The van der Waals surface area contributed by atoms with Gasteiger partial charge in [0.2, 0.25) is 5.75 Å². The minimum absolute atomic E-state index is 0.00136. The normalized spacial score (nSPS) is 11.4. The lowest BCUT2D eigenvalue weighted by molar-refractivity contribution is -0.385. The van der Waals surface area contributed by atoms with Crippen molar-refractivity contribution in [2.45, 2.75) is 13.1 Å². The van der Waals surface area contributed by atoms with Crippen LogP contribution in [0.1, 0.15) is 16.7 Å². The fraction of sp³-hybridized carbons (Fsp3) is 0.0833. The average molecular weight is 467 g/mol. The number of halogens is 3. The molecule has 1 amide bonds. The number of nitro benzene ring substituents is 1. The first kappa shape index (κ1) is 24.0. The third-order valence-corrected chi connectivity index (χ3v) is 4.56. The van der Waals surface area contributed by atoms with E-state index in [9.17, 15) is 33.3 Å². The summed E-state index contributed by atoms with van der Waals surface area (Å²) in [5, 5.41) is 23.4. The van der Waals surface area contributed by atoms with Crippen LogP contribution in [0.3, 0.4) is 0 Å². The second-order valence-corrected chi connectivity index (χ2v) is 7.07. The number of carbonyl (C=O) groups excluding carboxylic acids is 1. The monoisotopic (exact) mass is 467 g/mol. The molecule has 0 bridgehead atoms. The van der Waals surface area contributed by atoms with Crippen molar-refractivity contribution in [2.75, 3.05) is 5.32 Å². The molecule has 0 saturated carbocycles. The molecule has 0 aliphatic heterocycles. The number of nitrogens with zero attached hydrogens (tertiary/aromatic N) is 2. The zero-order chi connectivity index (χ0) is 24.9. The van der Waals surface area contributed by atoms with Crippen LogP contribution >= 0.6 is 0 Å². The molecular weight excluding hydrogens is 451 g/mol. The van der Waals surface area contributed by atoms with Crippen molar-refractivity contribution >= 4 is 23.4 Å². The van der Waals surface area contributed by atoms with Crippen LogP contribution in [0.4, 0.5) is 24.5 Å². The highest BCUT2D eigenvalue weighted by atomic mass is 19.4. The van der Waals surface area contributed by atoms with Crippen molar-refractivity contribution in [1.82, 2.24) is 0 Å². The van der Waals surface area contributed by atoms with Crippen molar-refractivity contribution in [2.24, 2.45) is 0 Å². The van der Waals surface area contributed by atoms with Crippen LogP contribution in [0.2, 0.25) is 0 Å². The maximum absolute atomic E-state index is 13.0. The predicted octanol–water partition coefficient (Wildman–Crippen LogP) is 6.26. The molecule has 0 aromatic heterocycles. The highest BCUT2D eigenvalue weighted by Gasteiger charge is 2.33. The van der Waals surface area contributed by atoms with E-state index in [0.29, 0.717) is 17.8 Å². The Labute approximate surface area is 191 Å². The van der Waals surface area contributed by atoms with E-state index in [4.69, 9.17) is 4.74 Å². The number of hydrogen-bond donors (Lipinski definition) is 1. The molecule has 0 heterocycles. The molecule has 3 aromatic rings.